The molecule has 0 atom stereocenters. The molecule has 0 spiro atoms. The molecule has 9 nitrogen and oxygen atoms in total. The van der Waals surface area contributed by atoms with Crippen LogP contribution in [0.2, 0.25) is 0 Å². The van der Waals surface area contributed by atoms with Crippen LogP contribution in [0.5, 0.6) is 0 Å². The molecular weight excluding hydrogens is 354 g/mol. The largest absolute Gasteiger partial charge is 0.449 e. The van der Waals surface area contributed by atoms with Crippen LogP contribution in [0.1, 0.15) is 45.1 Å². The molecule has 0 fully saturated rings. The van der Waals surface area contributed by atoms with E-state index >= 15 is 0 Å². The molecule has 0 radical (unpaired) electrons. The van der Waals surface area contributed by atoms with Crippen molar-refractivity contribution in [1.29, 1.82) is 0 Å². The molecule has 0 bridgehead atoms. The zero-order valence-corrected chi connectivity index (χ0v) is 16.0. The van der Waals surface area contributed by atoms with Gasteiger partial charge >= 0.3 is 18.3 Å². The number of hydrogen-bond donors (Lipinski definition) is 3. The van der Waals surface area contributed by atoms with Crippen LogP contribution in [0, 0.1) is 0 Å². The van der Waals surface area contributed by atoms with Gasteiger partial charge in [0.2, 0.25) is 0 Å². The maximum Gasteiger partial charge on any atom is 0.405 e. The van der Waals surface area contributed by atoms with Crippen LogP contribution in [0.15, 0.2) is 30.3 Å². The Kier molecular flexibility index (Phi) is 11.0. The summed E-state index contributed by atoms with van der Waals surface area (Å²) < 4.78 is 14.3. The maximum atomic E-state index is 10.5. The fourth-order valence-corrected chi connectivity index (χ4v) is 1.97. The minimum Gasteiger partial charge on any atom is -0.449 e. The summed E-state index contributed by atoms with van der Waals surface area (Å²) >= 11 is 0. The third kappa shape index (κ3) is 11.3. The predicted octanol–water partition coefficient (Wildman–Crippen LogP) is 2.62. The molecule has 0 saturated heterocycles. The first-order valence-electron chi connectivity index (χ1n) is 8.51. The van der Waals surface area contributed by atoms with Crippen molar-refractivity contribution >= 4 is 18.3 Å². The van der Waals surface area contributed by atoms with Crippen LogP contribution in [-0.4, -0.2) is 37.1 Å². The lowest BCUT2D eigenvalue weighted by molar-refractivity contribution is 0.0251. The Bertz CT molecular complexity index is 572. The summed E-state index contributed by atoms with van der Waals surface area (Å²) in [5.74, 6) is -0.281. The van der Waals surface area contributed by atoms with Crippen LogP contribution in [0.25, 0.3) is 0 Å². The molecule has 0 saturated carbocycles. The predicted molar refractivity (Wildman–Crippen MR) is 99.9 cm³/mol. The standard InChI is InChI=1S/C11H14N2O4.C7H15NO2/c12-10(14)16-6-9(7-17-11(13)15)8-4-2-1-3-5-8;1-4-7(3,5-2)10-6(8)9/h1-5,9H,6-7H2,(H2,12,14)(H2,13,15);4-5H2,1-3H3,(H2,8,9). The summed E-state index contributed by atoms with van der Waals surface area (Å²) in [6.45, 7) is 5.87. The van der Waals surface area contributed by atoms with Gasteiger partial charge in [-0.25, -0.2) is 14.4 Å². The molecule has 0 heterocycles. The van der Waals surface area contributed by atoms with Gasteiger partial charge in [-0.05, 0) is 25.3 Å². The number of carbonyl (C=O) groups excluding carboxylic acids is 3. The highest BCUT2D eigenvalue weighted by atomic mass is 16.6. The SMILES string of the molecule is CCC(C)(CC)OC(N)=O.NC(=O)OCC(COC(N)=O)c1ccccc1. The molecule has 152 valence electrons. The third-order valence-electron chi connectivity index (χ3n) is 3.97. The number of benzene rings is 1. The van der Waals surface area contributed by atoms with Crippen LogP contribution in [-0.2, 0) is 14.2 Å². The van der Waals surface area contributed by atoms with E-state index in [1.54, 1.807) is 0 Å². The van der Waals surface area contributed by atoms with Crippen LogP contribution < -0.4 is 17.2 Å². The van der Waals surface area contributed by atoms with Crippen molar-refractivity contribution < 1.29 is 28.6 Å². The lowest BCUT2D eigenvalue weighted by Gasteiger charge is -2.25. The van der Waals surface area contributed by atoms with Crippen LogP contribution in [0.3, 0.4) is 0 Å². The summed E-state index contributed by atoms with van der Waals surface area (Å²) in [6.07, 6.45) is -0.833. The molecule has 0 aliphatic carbocycles. The molecule has 0 unspecified atom stereocenters. The van der Waals surface area contributed by atoms with Crippen molar-refractivity contribution in [2.75, 3.05) is 13.2 Å². The zero-order valence-electron chi connectivity index (χ0n) is 16.0. The van der Waals surface area contributed by atoms with Gasteiger partial charge in [0, 0.05) is 0 Å². The lowest BCUT2D eigenvalue weighted by atomic mass is 10.0. The first kappa shape index (κ1) is 24.0. The molecule has 1 rings (SSSR count). The van der Waals surface area contributed by atoms with E-state index < -0.39 is 18.3 Å². The number of hydrogen-bond acceptors (Lipinski definition) is 6. The van der Waals surface area contributed by atoms with E-state index in [0.717, 1.165) is 18.4 Å². The van der Waals surface area contributed by atoms with Gasteiger partial charge in [-0.1, -0.05) is 44.2 Å². The average Bonchev–Trinajstić information content (AvgIpc) is 2.62. The Morgan fingerprint density at radius 2 is 1.33 bits per heavy atom. The summed E-state index contributed by atoms with van der Waals surface area (Å²) in [5, 5.41) is 0. The van der Waals surface area contributed by atoms with E-state index in [-0.39, 0.29) is 24.7 Å². The zero-order chi connectivity index (χ0) is 20.9. The van der Waals surface area contributed by atoms with Gasteiger partial charge in [0.25, 0.3) is 0 Å². The molecule has 9 heteroatoms. The minimum atomic E-state index is -0.870. The Labute approximate surface area is 159 Å². The van der Waals surface area contributed by atoms with Crippen molar-refractivity contribution in [2.45, 2.75) is 45.1 Å². The van der Waals surface area contributed by atoms with Gasteiger partial charge in [0.1, 0.15) is 18.8 Å². The van der Waals surface area contributed by atoms with Crippen molar-refractivity contribution in [2.24, 2.45) is 17.2 Å². The Morgan fingerprint density at radius 3 is 1.63 bits per heavy atom. The Morgan fingerprint density at radius 1 is 0.889 bits per heavy atom. The summed E-state index contributed by atoms with van der Waals surface area (Å²) in [6, 6.07) is 9.18. The first-order valence-corrected chi connectivity index (χ1v) is 8.51. The molecule has 27 heavy (non-hydrogen) atoms. The second-order valence-electron chi connectivity index (χ2n) is 5.95. The molecular formula is C18H29N3O6. The normalized spacial score (nSPS) is 10.4. The van der Waals surface area contributed by atoms with Crippen LogP contribution >= 0.6 is 0 Å². The Hall–Kier alpha value is -2.97. The van der Waals surface area contributed by atoms with Gasteiger partial charge < -0.3 is 31.4 Å². The van der Waals surface area contributed by atoms with Crippen molar-refractivity contribution in [3.63, 3.8) is 0 Å². The smallest absolute Gasteiger partial charge is 0.405 e. The van der Waals surface area contributed by atoms with E-state index in [9.17, 15) is 14.4 Å². The monoisotopic (exact) mass is 383 g/mol. The second kappa shape index (κ2) is 12.4. The summed E-state index contributed by atoms with van der Waals surface area (Å²) in [5.41, 5.74) is 15.1. The number of carbonyl (C=O) groups is 3. The lowest BCUT2D eigenvalue weighted by Crippen LogP contribution is -2.32. The van der Waals surface area contributed by atoms with Gasteiger partial charge in [0.15, 0.2) is 0 Å². The highest BCUT2D eigenvalue weighted by molar-refractivity contribution is 5.65. The van der Waals surface area contributed by atoms with Crippen molar-refractivity contribution in [3.05, 3.63) is 35.9 Å². The summed E-state index contributed by atoms with van der Waals surface area (Å²) in [7, 11) is 0. The number of ether oxygens (including phenoxy) is 3. The molecule has 1 aromatic carbocycles. The number of primary amides is 3. The molecule has 0 aromatic heterocycles. The average molecular weight is 383 g/mol. The maximum absolute atomic E-state index is 10.5. The van der Waals surface area contributed by atoms with Gasteiger partial charge in [-0.2, -0.15) is 0 Å². The molecule has 0 aliphatic rings. The van der Waals surface area contributed by atoms with Gasteiger partial charge in [-0.3, -0.25) is 0 Å². The molecule has 3 amide bonds. The van der Waals surface area contributed by atoms with E-state index in [2.05, 4.69) is 0 Å². The topological polar surface area (TPSA) is 157 Å². The number of amides is 3. The fourth-order valence-electron chi connectivity index (χ4n) is 1.97. The quantitative estimate of drug-likeness (QED) is 0.585. The van der Waals surface area contributed by atoms with E-state index in [4.69, 9.17) is 31.4 Å². The van der Waals surface area contributed by atoms with Crippen molar-refractivity contribution in [3.8, 4) is 0 Å². The summed E-state index contributed by atoms with van der Waals surface area (Å²) in [4.78, 5) is 31.4. The van der Waals surface area contributed by atoms with Crippen molar-refractivity contribution in [1.82, 2.24) is 0 Å². The van der Waals surface area contributed by atoms with E-state index in [1.165, 1.54) is 0 Å². The number of rotatable bonds is 8. The fraction of sp³-hybridized carbons (Fsp3) is 0.500. The van der Waals surface area contributed by atoms with E-state index in [1.807, 2.05) is 51.1 Å². The molecule has 0 aliphatic heterocycles. The minimum absolute atomic E-state index is 0.0344. The van der Waals surface area contributed by atoms with Gasteiger partial charge in [-0.15, -0.1) is 0 Å². The van der Waals surface area contributed by atoms with Gasteiger partial charge in [0.05, 0.1) is 5.92 Å². The Balaban J connectivity index is 0.000000580. The third-order valence-corrected chi connectivity index (χ3v) is 3.97. The van der Waals surface area contributed by atoms with E-state index in [0.29, 0.717) is 0 Å². The second-order valence-corrected chi connectivity index (χ2v) is 5.95. The number of nitrogens with two attached hydrogens (primary N) is 3. The molecule has 6 N–H and O–H groups in total. The highest BCUT2D eigenvalue weighted by Crippen LogP contribution is 2.18. The van der Waals surface area contributed by atoms with Crippen LogP contribution in [0.4, 0.5) is 14.4 Å². The first-order chi connectivity index (χ1) is 12.6. The molecule has 1 aromatic rings. The highest BCUT2D eigenvalue weighted by Gasteiger charge is 2.22.